The van der Waals surface area contributed by atoms with Gasteiger partial charge in [-0.25, -0.2) is 0 Å². The van der Waals surface area contributed by atoms with Crippen LogP contribution >= 0.6 is 0 Å². The van der Waals surface area contributed by atoms with Gasteiger partial charge in [0.25, 0.3) is 0 Å². The van der Waals surface area contributed by atoms with Crippen molar-refractivity contribution in [1.82, 2.24) is 5.16 Å². The number of rotatable bonds is 4. The van der Waals surface area contributed by atoms with Gasteiger partial charge < -0.3 is 10.3 Å². The number of benzene rings is 1. The number of hydrogen-bond acceptors (Lipinski definition) is 3. The van der Waals surface area contributed by atoms with E-state index in [0.717, 1.165) is 36.1 Å². The van der Waals surface area contributed by atoms with E-state index in [1.807, 2.05) is 30.3 Å². The number of nitrogens with two attached hydrogens (primary N) is 1. The Balaban J connectivity index is 2.35. The predicted molar refractivity (Wildman–Crippen MR) is 65.0 cm³/mol. The SMILES string of the molecule is CCCCc1onc(N)c1-c1ccccc1. The first-order valence-corrected chi connectivity index (χ1v) is 5.62. The normalized spacial score (nSPS) is 10.6. The molecule has 0 aliphatic rings. The molecular formula is C13H16N2O. The number of nitrogens with zero attached hydrogens (tertiary/aromatic N) is 1. The lowest BCUT2D eigenvalue weighted by Gasteiger charge is -2.01. The van der Waals surface area contributed by atoms with Crippen molar-refractivity contribution in [2.45, 2.75) is 26.2 Å². The van der Waals surface area contributed by atoms with E-state index in [4.69, 9.17) is 10.3 Å². The van der Waals surface area contributed by atoms with Crippen molar-refractivity contribution in [2.75, 3.05) is 5.73 Å². The number of unbranched alkanes of at least 4 members (excludes halogenated alkanes) is 1. The molecule has 0 aliphatic heterocycles. The number of aromatic nitrogens is 1. The minimum absolute atomic E-state index is 0.484. The zero-order chi connectivity index (χ0) is 11.4. The molecule has 0 unspecified atom stereocenters. The second-order valence-electron chi connectivity index (χ2n) is 3.84. The molecule has 1 aromatic heterocycles. The van der Waals surface area contributed by atoms with Crippen LogP contribution in [-0.2, 0) is 6.42 Å². The summed E-state index contributed by atoms with van der Waals surface area (Å²) in [4.78, 5) is 0. The largest absolute Gasteiger partial charge is 0.380 e. The summed E-state index contributed by atoms with van der Waals surface area (Å²) < 4.78 is 5.28. The summed E-state index contributed by atoms with van der Waals surface area (Å²) in [5.41, 5.74) is 7.87. The molecule has 0 atom stereocenters. The lowest BCUT2D eigenvalue weighted by atomic mass is 10.0. The molecular weight excluding hydrogens is 200 g/mol. The van der Waals surface area contributed by atoms with Gasteiger partial charge in [0.2, 0.25) is 0 Å². The molecule has 0 saturated carbocycles. The van der Waals surface area contributed by atoms with Gasteiger partial charge in [-0.05, 0) is 12.0 Å². The van der Waals surface area contributed by atoms with E-state index in [1.165, 1.54) is 0 Å². The minimum atomic E-state index is 0.484. The Morgan fingerprint density at radius 1 is 1.25 bits per heavy atom. The standard InChI is InChI=1S/C13H16N2O/c1-2-3-9-11-12(13(14)15-16-11)10-7-5-4-6-8-10/h4-8H,2-3,9H2,1H3,(H2,14,15). The van der Waals surface area contributed by atoms with Crippen molar-refractivity contribution < 1.29 is 4.52 Å². The summed E-state index contributed by atoms with van der Waals surface area (Å²) in [7, 11) is 0. The Hall–Kier alpha value is -1.77. The van der Waals surface area contributed by atoms with Crippen LogP contribution in [0.4, 0.5) is 5.82 Å². The molecule has 0 amide bonds. The van der Waals surface area contributed by atoms with Gasteiger partial charge in [-0.15, -0.1) is 0 Å². The molecule has 3 heteroatoms. The van der Waals surface area contributed by atoms with E-state index in [2.05, 4.69) is 12.1 Å². The van der Waals surface area contributed by atoms with E-state index in [1.54, 1.807) is 0 Å². The summed E-state index contributed by atoms with van der Waals surface area (Å²) in [6.07, 6.45) is 3.12. The van der Waals surface area contributed by atoms with Crippen molar-refractivity contribution in [3.8, 4) is 11.1 Å². The fourth-order valence-corrected chi connectivity index (χ4v) is 1.76. The van der Waals surface area contributed by atoms with Gasteiger partial charge >= 0.3 is 0 Å². The van der Waals surface area contributed by atoms with Crippen LogP contribution in [0.1, 0.15) is 25.5 Å². The van der Waals surface area contributed by atoms with Crippen LogP contribution in [0.25, 0.3) is 11.1 Å². The van der Waals surface area contributed by atoms with Crippen LogP contribution in [-0.4, -0.2) is 5.16 Å². The molecule has 1 aromatic carbocycles. The topological polar surface area (TPSA) is 52.0 Å². The van der Waals surface area contributed by atoms with Crippen molar-refractivity contribution in [2.24, 2.45) is 0 Å². The highest BCUT2D eigenvalue weighted by Gasteiger charge is 2.14. The molecule has 0 spiro atoms. The van der Waals surface area contributed by atoms with Gasteiger partial charge in [0.05, 0.1) is 5.56 Å². The highest BCUT2D eigenvalue weighted by molar-refractivity contribution is 5.75. The monoisotopic (exact) mass is 216 g/mol. The minimum Gasteiger partial charge on any atom is -0.380 e. The summed E-state index contributed by atoms with van der Waals surface area (Å²) in [6.45, 7) is 2.15. The molecule has 2 N–H and O–H groups in total. The lowest BCUT2D eigenvalue weighted by Crippen LogP contribution is -1.90. The summed E-state index contributed by atoms with van der Waals surface area (Å²) in [5.74, 6) is 1.38. The van der Waals surface area contributed by atoms with E-state index >= 15 is 0 Å². The Kier molecular flexibility index (Phi) is 3.25. The number of anilines is 1. The van der Waals surface area contributed by atoms with Gasteiger partial charge in [-0.1, -0.05) is 48.8 Å². The zero-order valence-electron chi connectivity index (χ0n) is 9.44. The Morgan fingerprint density at radius 3 is 2.69 bits per heavy atom. The molecule has 3 nitrogen and oxygen atoms in total. The second-order valence-corrected chi connectivity index (χ2v) is 3.84. The lowest BCUT2D eigenvalue weighted by molar-refractivity contribution is 0.383. The van der Waals surface area contributed by atoms with Crippen LogP contribution in [0.3, 0.4) is 0 Å². The van der Waals surface area contributed by atoms with E-state index < -0.39 is 0 Å². The molecule has 0 fully saturated rings. The highest BCUT2D eigenvalue weighted by Crippen LogP contribution is 2.30. The van der Waals surface area contributed by atoms with Crippen LogP contribution in [0, 0.1) is 0 Å². The van der Waals surface area contributed by atoms with Crippen LogP contribution in [0.15, 0.2) is 34.9 Å². The third-order valence-electron chi connectivity index (χ3n) is 2.61. The van der Waals surface area contributed by atoms with Crippen LogP contribution < -0.4 is 5.73 Å². The van der Waals surface area contributed by atoms with Crippen molar-refractivity contribution in [1.29, 1.82) is 0 Å². The molecule has 84 valence electrons. The molecule has 1 heterocycles. The molecule has 2 aromatic rings. The maximum atomic E-state index is 5.84. The van der Waals surface area contributed by atoms with Crippen molar-refractivity contribution in [3.63, 3.8) is 0 Å². The first kappa shape index (κ1) is 10.7. The molecule has 0 bridgehead atoms. The maximum absolute atomic E-state index is 5.84. The molecule has 0 saturated heterocycles. The first-order valence-electron chi connectivity index (χ1n) is 5.62. The Bertz CT molecular complexity index is 448. The van der Waals surface area contributed by atoms with Gasteiger partial charge in [0.15, 0.2) is 5.82 Å². The molecule has 2 rings (SSSR count). The predicted octanol–water partition coefficient (Wildman–Crippen LogP) is 3.27. The number of nitrogen functional groups attached to an aromatic ring is 1. The van der Waals surface area contributed by atoms with E-state index in [0.29, 0.717) is 5.82 Å². The molecule has 0 radical (unpaired) electrons. The van der Waals surface area contributed by atoms with Crippen LogP contribution in [0.5, 0.6) is 0 Å². The average molecular weight is 216 g/mol. The van der Waals surface area contributed by atoms with E-state index in [9.17, 15) is 0 Å². The fourth-order valence-electron chi connectivity index (χ4n) is 1.76. The summed E-state index contributed by atoms with van der Waals surface area (Å²) in [5, 5.41) is 3.85. The quantitative estimate of drug-likeness (QED) is 0.853. The van der Waals surface area contributed by atoms with Gasteiger partial charge in [0, 0.05) is 6.42 Å². The first-order chi connectivity index (χ1) is 7.83. The Labute approximate surface area is 95.3 Å². The van der Waals surface area contributed by atoms with Crippen molar-refractivity contribution >= 4 is 5.82 Å². The fraction of sp³-hybridized carbons (Fsp3) is 0.308. The summed E-state index contributed by atoms with van der Waals surface area (Å²) in [6, 6.07) is 10.0. The molecule has 16 heavy (non-hydrogen) atoms. The third kappa shape index (κ3) is 2.08. The third-order valence-corrected chi connectivity index (χ3v) is 2.61. The maximum Gasteiger partial charge on any atom is 0.175 e. The highest BCUT2D eigenvalue weighted by atomic mass is 16.5. The van der Waals surface area contributed by atoms with Crippen molar-refractivity contribution in [3.05, 3.63) is 36.1 Å². The smallest absolute Gasteiger partial charge is 0.175 e. The van der Waals surface area contributed by atoms with Crippen LogP contribution in [0.2, 0.25) is 0 Å². The number of hydrogen-bond donors (Lipinski definition) is 1. The Morgan fingerprint density at radius 2 is 2.00 bits per heavy atom. The van der Waals surface area contributed by atoms with Gasteiger partial charge in [0.1, 0.15) is 5.76 Å². The van der Waals surface area contributed by atoms with Gasteiger partial charge in [-0.3, -0.25) is 0 Å². The zero-order valence-corrected chi connectivity index (χ0v) is 9.44. The second kappa shape index (κ2) is 4.84. The summed E-state index contributed by atoms with van der Waals surface area (Å²) >= 11 is 0. The number of aryl methyl sites for hydroxylation is 1. The van der Waals surface area contributed by atoms with E-state index in [-0.39, 0.29) is 0 Å². The average Bonchev–Trinajstić information content (AvgIpc) is 2.69. The molecule has 0 aliphatic carbocycles. The van der Waals surface area contributed by atoms with Gasteiger partial charge in [-0.2, -0.15) is 0 Å².